The number of carbonyl (C=O) groups excluding carboxylic acids is 1. The molecule has 2 aromatic heterocycles. The quantitative estimate of drug-likeness (QED) is 0.584. The lowest BCUT2D eigenvalue weighted by atomic mass is 10.2. The normalized spacial score (nSPS) is 10.8. The van der Waals surface area contributed by atoms with E-state index in [2.05, 4.69) is 38.1 Å². The van der Waals surface area contributed by atoms with Crippen molar-refractivity contribution in [2.45, 2.75) is 26.4 Å². The molecule has 1 amide bonds. The van der Waals surface area contributed by atoms with Crippen LogP contribution in [0.2, 0.25) is 0 Å². The van der Waals surface area contributed by atoms with E-state index >= 15 is 0 Å². The Kier molecular flexibility index (Phi) is 5.47. The van der Waals surface area contributed by atoms with E-state index in [1.165, 1.54) is 6.07 Å². The third-order valence-electron chi connectivity index (χ3n) is 3.66. The Hall–Kier alpha value is -2.23. The number of rotatable bonds is 6. The van der Waals surface area contributed by atoms with Crippen LogP contribution in [-0.4, -0.2) is 25.5 Å². The maximum atomic E-state index is 13.7. The molecule has 0 aliphatic carbocycles. The van der Waals surface area contributed by atoms with Crippen molar-refractivity contribution in [3.8, 4) is 0 Å². The van der Waals surface area contributed by atoms with E-state index < -0.39 is 0 Å². The van der Waals surface area contributed by atoms with Gasteiger partial charge in [-0.2, -0.15) is 10.2 Å². The second-order valence-corrected chi connectivity index (χ2v) is 6.80. The van der Waals surface area contributed by atoms with Crippen molar-refractivity contribution >= 4 is 34.2 Å². The largest absolute Gasteiger partial charge is 0.323 e. The van der Waals surface area contributed by atoms with Gasteiger partial charge < -0.3 is 5.32 Å². The summed E-state index contributed by atoms with van der Waals surface area (Å²) in [5.74, 6) is -0.388. The zero-order chi connectivity index (χ0) is 17.8. The number of nitrogens with one attached hydrogen (secondary N) is 1. The molecule has 0 radical (unpaired) electrons. The van der Waals surface area contributed by atoms with Crippen LogP contribution in [0, 0.1) is 16.3 Å². The van der Waals surface area contributed by atoms with Crippen molar-refractivity contribution in [1.29, 1.82) is 0 Å². The lowest BCUT2D eigenvalue weighted by Crippen LogP contribution is -2.14. The molecule has 8 heteroatoms. The van der Waals surface area contributed by atoms with Crippen LogP contribution in [0.25, 0.3) is 0 Å². The van der Waals surface area contributed by atoms with E-state index in [1.807, 2.05) is 13.1 Å². The Morgan fingerprint density at radius 2 is 2.08 bits per heavy atom. The molecule has 0 aliphatic rings. The Bertz CT molecular complexity index is 869. The van der Waals surface area contributed by atoms with Gasteiger partial charge in [-0.3, -0.25) is 14.2 Å². The minimum absolute atomic E-state index is 0.117. The van der Waals surface area contributed by atoms with Gasteiger partial charge in [-0.15, -0.1) is 0 Å². The molecular weight excluding hydrogens is 436 g/mol. The summed E-state index contributed by atoms with van der Waals surface area (Å²) in [5.41, 5.74) is 2.09. The molecule has 3 aromatic rings. The lowest BCUT2D eigenvalue weighted by molar-refractivity contribution is -0.116. The Morgan fingerprint density at radius 1 is 1.28 bits per heavy atom. The average Bonchev–Trinajstić information content (AvgIpc) is 3.14. The first-order valence-corrected chi connectivity index (χ1v) is 8.84. The average molecular weight is 453 g/mol. The second-order valence-electron chi connectivity index (χ2n) is 5.64. The first-order valence-electron chi connectivity index (χ1n) is 7.76. The van der Waals surface area contributed by atoms with Crippen LogP contribution in [0.3, 0.4) is 0 Å². The number of aryl methyl sites for hydroxylation is 2. The Labute approximate surface area is 158 Å². The number of nitrogens with zero attached hydrogens (tertiary/aromatic N) is 4. The van der Waals surface area contributed by atoms with Crippen molar-refractivity contribution in [2.75, 3.05) is 5.32 Å². The topological polar surface area (TPSA) is 64.7 Å². The Morgan fingerprint density at radius 3 is 2.80 bits per heavy atom. The summed E-state index contributed by atoms with van der Waals surface area (Å²) in [6.07, 6.45) is 5.47. The van der Waals surface area contributed by atoms with Gasteiger partial charge in [-0.1, -0.05) is 18.2 Å². The molecule has 1 aromatic carbocycles. The molecule has 0 bridgehead atoms. The zero-order valence-electron chi connectivity index (χ0n) is 13.6. The van der Waals surface area contributed by atoms with E-state index in [1.54, 1.807) is 40.0 Å². The van der Waals surface area contributed by atoms with Gasteiger partial charge in [-0.05, 0) is 35.6 Å². The molecule has 0 atom stereocenters. The molecule has 1 N–H and O–H groups in total. The third kappa shape index (κ3) is 4.65. The van der Waals surface area contributed by atoms with Crippen LogP contribution in [-0.2, 0) is 17.9 Å². The molecule has 6 nitrogen and oxygen atoms in total. The fraction of sp³-hybridized carbons (Fsp3) is 0.235. The molecule has 2 heterocycles. The van der Waals surface area contributed by atoms with Crippen molar-refractivity contribution < 1.29 is 9.18 Å². The van der Waals surface area contributed by atoms with Gasteiger partial charge in [0.05, 0.1) is 27.7 Å². The molecule has 0 aliphatic heterocycles. The number of anilines is 1. The summed E-state index contributed by atoms with van der Waals surface area (Å²) in [6, 6.07) is 6.56. The van der Waals surface area contributed by atoms with Gasteiger partial charge >= 0.3 is 0 Å². The first kappa shape index (κ1) is 17.6. The molecule has 130 valence electrons. The molecule has 0 fully saturated rings. The summed E-state index contributed by atoms with van der Waals surface area (Å²) < 4.78 is 18.1. The standard InChI is InChI=1S/C17H17FIN5O/c1-12-16(19)11-23(22-12)7-6-17(25)21-14-8-20-24(10-14)9-13-4-2-3-5-15(13)18/h2-5,8,10-11H,6-7,9H2,1H3,(H,21,25). The number of benzene rings is 1. The first-order chi connectivity index (χ1) is 12.0. The Balaban J connectivity index is 1.54. The van der Waals surface area contributed by atoms with Crippen LogP contribution in [0.1, 0.15) is 17.7 Å². The van der Waals surface area contributed by atoms with Crippen LogP contribution < -0.4 is 5.32 Å². The highest BCUT2D eigenvalue weighted by molar-refractivity contribution is 14.1. The van der Waals surface area contributed by atoms with Crippen LogP contribution in [0.5, 0.6) is 0 Å². The van der Waals surface area contributed by atoms with Crippen LogP contribution in [0.4, 0.5) is 10.1 Å². The van der Waals surface area contributed by atoms with Gasteiger partial charge in [0.25, 0.3) is 0 Å². The van der Waals surface area contributed by atoms with Crippen molar-refractivity contribution in [1.82, 2.24) is 19.6 Å². The highest BCUT2D eigenvalue weighted by Gasteiger charge is 2.08. The number of hydrogen-bond donors (Lipinski definition) is 1. The number of amides is 1. The van der Waals surface area contributed by atoms with Crippen LogP contribution >= 0.6 is 22.6 Å². The highest BCUT2D eigenvalue weighted by atomic mass is 127. The summed E-state index contributed by atoms with van der Waals surface area (Å²) in [4.78, 5) is 12.0. The number of carbonyl (C=O) groups is 1. The van der Waals surface area contributed by atoms with E-state index in [0.29, 0.717) is 30.8 Å². The molecular formula is C17H17FIN5O. The van der Waals surface area contributed by atoms with Gasteiger partial charge in [0.1, 0.15) is 5.82 Å². The zero-order valence-corrected chi connectivity index (χ0v) is 15.8. The predicted molar refractivity (Wildman–Crippen MR) is 101 cm³/mol. The fourth-order valence-electron chi connectivity index (χ4n) is 2.36. The lowest BCUT2D eigenvalue weighted by Gasteiger charge is -2.04. The SMILES string of the molecule is Cc1nn(CCC(=O)Nc2cnn(Cc3ccccc3F)c2)cc1I. The van der Waals surface area contributed by atoms with E-state index in [-0.39, 0.29) is 11.7 Å². The summed E-state index contributed by atoms with van der Waals surface area (Å²) in [5, 5.41) is 11.3. The van der Waals surface area contributed by atoms with Crippen molar-refractivity contribution in [3.63, 3.8) is 0 Å². The molecule has 0 saturated heterocycles. The molecule has 0 unspecified atom stereocenters. The fourth-order valence-corrected chi connectivity index (χ4v) is 2.79. The summed E-state index contributed by atoms with van der Waals surface area (Å²) in [6.45, 7) is 2.76. The summed E-state index contributed by atoms with van der Waals surface area (Å²) >= 11 is 2.21. The van der Waals surface area contributed by atoms with Gasteiger partial charge in [-0.25, -0.2) is 4.39 Å². The molecule has 0 saturated carbocycles. The van der Waals surface area contributed by atoms with Gasteiger partial charge in [0.15, 0.2) is 0 Å². The summed E-state index contributed by atoms with van der Waals surface area (Å²) in [7, 11) is 0. The maximum Gasteiger partial charge on any atom is 0.226 e. The maximum absolute atomic E-state index is 13.7. The van der Waals surface area contributed by atoms with Crippen molar-refractivity contribution in [2.24, 2.45) is 0 Å². The smallest absolute Gasteiger partial charge is 0.226 e. The highest BCUT2D eigenvalue weighted by Crippen LogP contribution is 2.12. The number of halogens is 2. The van der Waals surface area contributed by atoms with Crippen molar-refractivity contribution in [3.05, 3.63) is 63.5 Å². The van der Waals surface area contributed by atoms with E-state index in [9.17, 15) is 9.18 Å². The molecule has 25 heavy (non-hydrogen) atoms. The molecule has 0 spiro atoms. The monoisotopic (exact) mass is 453 g/mol. The van der Waals surface area contributed by atoms with Gasteiger partial charge in [0.2, 0.25) is 5.91 Å². The number of hydrogen-bond acceptors (Lipinski definition) is 3. The van der Waals surface area contributed by atoms with E-state index in [4.69, 9.17) is 0 Å². The van der Waals surface area contributed by atoms with Gasteiger partial charge in [0, 0.05) is 30.9 Å². The number of aromatic nitrogens is 4. The van der Waals surface area contributed by atoms with Crippen LogP contribution in [0.15, 0.2) is 42.9 Å². The second kappa shape index (κ2) is 7.77. The molecule has 3 rings (SSSR count). The third-order valence-corrected chi connectivity index (χ3v) is 4.72. The van der Waals surface area contributed by atoms with E-state index in [0.717, 1.165) is 9.26 Å². The minimum Gasteiger partial charge on any atom is -0.323 e. The predicted octanol–water partition coefficient (Wildman–Crippen LogP) is 3.21. The minimum atomic E-state index is -0.271.